The average Bonchev–Trinajstić information content (AvgIpc) is 2.63. The van der Waals surface area contributed by atoms with Crippen LogP contribution in [-0.4, -0.2) is 48.4 Å². The van der Waals surface area contributed by atoms with Crippen LogP contribution in [0.4, 0.5) is 0 Å². The van der Waals surface area contributed by atoms with E-state index < -0.39 is 0 Å². The van der Waals surface area contributed by atoms with Gasteiger partial charge in [-0.2, -0.15) is 0 Å². The van der Waals surface area contributed by atoms with Gasteiger partial charge in [-0.05, 0) is 23.8 Å². The third kappa shape index (κ3) is 4.85. The van der Waals surface area contributed by atoms with Crippen molar-refractivity contribution in [2.24, 2.45) is 0 Å². The number of carbonyl (C=O) groups excluding carboxylic acids is 1. The van der Waals surface area contributed by atoms with Crippen LogP contribution in [-0.2, 0) is 0 Å². The van der Waals surface area contributed by atoms with Gasteiger partial charge in [-0.15, -0.1) is 0 Å². The summed E-state index contributed by atoms with van der Waals surface area (Å²) in [5.74, 6) is -0.0267. The molecule has 0 aromatic heterocycles. The summed E-state index contributed by atoms with van der Waals surface area (Å²) >= 11 is 12.0. The van der Waals surface area contributed by atoms with Crippen LogP contribution in [0.2, 0.25) is 10.0 Å². The Kier molecular flexibility index (Phi) is 6.14. The highest BCUT2D eigenvalue weighted by molar-refractivity contribution is 6.36. The van der Waals surface area contributed by atoms with Crippen LogP contribution in [0.15, 0.2) is 54.6 Å². The van der Waals surface area contributed by atoms with E-state index in [4.69, 9.17) is 23.2 Å². The molecule has 0 unspecified atom stereocenters. The van der Waals surface area contributed by atoms with Crippen molar-refractivity contribution in [1.29, 1.82) is 0 Å². The highest BCUT2D eigenvalue weighted by atomic mass is 35.5. The first-order chi connectivity index (χ1) is 12.1. The molecule has 0 atom stereocenters. The maximum Gasteiger partial charge on any atom is 0.255 e. The summed E-state index contributed by atoms with van der Waals surface area (Å²) in [4.78, 5) is 16.8. The van der Waals surface area contributed by atoms with Crippen molar-refractivity contribution in [3.8, 4) is 0 Å². The van der Waals surface area contributed by atoms with Crippen molar-refractivity contribution in [2.45, 2.75) is 0 Å². The van der Waals surface area contributed by atoms with Crippen molar-refractivity contribution in [2.75, 3.05) is 32.7 Å². The Morgan fingerprint density at radius 1 is 1.00 bits per heavy atom. The fourth-order valence-electron chi connectivity index (χ4n) is 2.87. The summed E-state index contributed by atoms with van der Waals surface area (Å²) in [7, 11) is 0. The SMILES string of the molecule is O=C(c1ccc(Cl)cc1Cl)N1CCN(CC=Cc2ccccc2)CC1. The average molecular weight is 375 g/mol. The van der Waals surface area contributed by atoms with Crippen LogP contribution in [0.25, 0.3) is 6.08 Å². The second kappa shape index (κ2) is 8.52. The van der Waals surface area contributed by atoms with Crippen LogP contribution in [0.3, 0.4) is 0 Å². The molecule has 0 bridgehead atoms. The maximum absolute atomic E-state index is 12.6. The summed E-state index contributed by atoms with van der Waals surface area (Å²) in [6.07, 6.45) is 4.30. The Hall–Kier alpha value is -1.81. The topological polar surface area (TPSA) is 23.6 Å². The number of halogens is 2. The Labute approximate surface area is 158 Å². The minimum atomic E-state index is -0.0267. The molecular formula is C20H20Cl2N2O. The van der Waals surface area contributed by atoms with Gasteiger partial charge in [0.25, 0.3) is 5.91 Å². The molecule has 1 fully saturated rings. The van der Waals surface area contributed by atoms with Gasteiger partial charge in [0.2, 0.25) is 0 Å². The van der Waals surface area contributed by atoms with Gasteiger partial charge in [0.15, 0.2) is 0 Å². The molecule has 0 saturated carbocycles. The molecule has 1 amide bonds. The van der Waals surface area contributed by atoms with E-state index in [1.165, 1.54) is 5.56 Å². The first kappa shape index (κ1) is 18.0. The van der Waals surface area contributed by atoms with Crippen molar-refractivity contribution in [1.82, 2.24) is 9.80 Å². The minimum Gasteiger partial charge on any atom is -0.336 e. The van der Waals surface area contributed by atoms with Crippen molar-refractivity contribution < 1.29 is 4.79 Å². The first-order valence-electron chi connectivity index (χ1n) is 8.32. The fourth-order valence-corrected chi connectivity index (χ4v) is 3.36. The van der Waals surface area contributed by atoms with Gasteiger partial charge in [0, 0.05) is 37.7 Å². The van der Waals surface area contributed by atoms with Crippen LogP contribution >= 0.6 is 23.2 Å². The van der Waals surface area contributed by atoms with Crippen LogP contribution < -0.4 is 0 Å². The lowest BCUT2D eigenvalue weighted by Gasteiger charge is -2.34. The summed E-state index contributed by atoms with van der Waals surface area (Å²) in [6.45, 7) is 4.01. The zero-order valence-corrected chi connectivity index (χ0v) is 15.4. The van der Waals surface area contributed by atoms with Crippen molar-refractivity contribution in [3.63, 3.8) is 0 Å². The molecule has 2 aromatic carbocycles. The van der Waals surface area contributed by atoms with E-state index in [1.54, 1.807) is 18.2 Å². The molecule has 25 heavy (non-hydrogen) atoms. The van der Waals surface area contributed by atoms with E-state index in [2.05, 4.69) is 29.2 Å². The van der Waals surface area contributed by atoms with Gasteiger partial charge in [-0.3, -0.25) is 9.69 Å². The Morgan fingerprint density at radius 2 is 1.72 bits per heavy atom. The molecule has 0 aliphatic carbocycles. The van der Waals surface area contributed by atoms with Crippen LogP contribution in [0.1, 0.15) is 15.9 Å². The second-order valence-electron chi connectivity index (χ2n) is 6.03. The van der Waals surface area contributed by atoms with E-state index in [9.17, 15) is 4.79 Å². The molecule has 1 saturated heterocycles. The zero-order chi connectivity index (χ0) is 17.6. The lowest BCUT2D eigenvalue weighted by atomic mass is 10.1. The van der Waals surface area contributed by atoms with Gasteiger partial charge in [0.1, 0.15) is 0 Å². The van der Waals surface area contributed by atoms with Gasteiger partial charge in [0.05, 0.1) is 10.6 Å². The molecule has 1 heterocycles. The predicted octanol–water partition coefficient (Wildman–Crippen LogP) is 4.46. The van der Waals surface area contributed by atoms with E-state index in [0.717, 1.165) is 19.6 Å². The van der Waals surface area contributed by atoms with Crippen LogP contribution in [0.5, 0.6) is 0 Å². The predicted molar refractivity (Wildman–Crippen MR) is 104 cm³/mol. The number of benzene rings is 2. The molecule has 1 aliphatic rings. The lowest BCUT2D eigenvalue weighted by Crippen LogP contribution is -2.48. The van der Waals surface area contributed by atoms with Crippen molar-refractivity contribution in [3.05, 3.63) is 75.8 Å². The Morgan fingerprint density at radius 3 is 2.40 bits per heavy atom. The number of piperazine rings is 1. The number of hydrogen-bond donors (Lipinski definition) is 0. The summed E-state index contributed by atoms with van der Waals surface area (Å²) < 4.78 is 0. The number of hydrogen-bond acceptors (Lipinski definition) is 2. The number of nitrogens with zero attached hydrogens (tertiary/aromatic N) is 2. The van der Waals surface area contributed by atoms with Gasteiger partial charge in [-0.25, -0.2) is 0 Å². The fraction of sp³-hybridized carbons (Fsp3) is 0.250. The summed E-state index contributed by atoms with van der Waals surface area (Å²) in [5, 5.41) is 0.947. The molecule has 1 aliphatic heterocycles. The zero-order valence-electron chi connectivity index (χ0n) is 13.9. The van der Waals surface area contributed by atoms with Gasteiger partial charge in [-0.1, -0.05) is 65.7 Å². The second-order valence-corrected chi connectivity index (χ2v) is 6.87. The molecule has 0 spiro atoms. The van der Waals surface area contributed by atoms with Crippen molar-refractivity contribution >= 4 is 35.2 Å². The monoisotopic (exact) mass is 374 g/mol. The van der Waals surface area contributed by atoms with E-state index in [0.29, 0.717) is 28.7 Å². The molecule has 5 heteroatoms. The molecular weight excluding hydrogens is 355 g/mol. The minimum absolute atomic E-state index is 0.0267. The van der Waals surface area contributed by atoms with E-state index >= 15 is 0 Å². The molecule has 3 rings (SSSR count). The van der Waals surface area contributed by atoms with Crippen LogP contribution in [0, 0.1) is 0 Å². The molecule has 0 N–H and O–H groups in total. The van der Waals surface area contributed by atoms with Gasteiger partial charge < -0.3 is 4.90 Å². The summed E-state index contributed by atoms with van der Waals surface area (Å²) in [5.41, 5.74) is 1.72. The third-order valence-electron chi connectivity index (χ3n) is 4.29. The largest absolute Gasteiger partial charge is 0.336 e. The standard InChI is InChI=1S/C20H20Cl2N2O/c21-17-8-9-18(19(22)15-17)20(25)24-13-11-23(12-14-24)10-4-7-16-5-2-1-3-6-16/h1-9,15H,10-14H2. The summed E-state index contributed by atoms with van der Waals surface area (Å²) in [6, 6.07) is 15.3. The number of carbonyl (C=O) groups is 1. The highest BCUT2D eigenvalue weighted by Crippen LogP contribution is 2.22. The Balaban J connectivity index is 1.51. The number of amides is 1. The molecule has 130 valence electrons. The highest BCUT2D eigenvalue weighted by Gasteiger charge is 2.23. The first-order valence-corrected chi connectivity index (χ1v) is 9.07. The Bertz CT molecular complexity index is 754. The number of rotatable bonds is 4. The molecule has 3 nitrogen and oxygen atoms in total. The third-order valence-corrected chi connectivity index (χ3v) is 4.84. The van der Waals surface area contributed by atoms with E-state index in [1.807, 2.05) is 23.1 Å². The smallest absolute Gasteiger partial charge is 0.255 e. The van der Waals surface area contributed by atoms with Gasteiger partial charge >= 0.3 is 0 Å². The molecule has 0 radical (unpaired) electrons. The molecule has 2 aromatic rings. The quantitative estimate of drug-likeness (QED) is 0.788. The maximum atomic E-state index is 12.6. The van der Waals surface area contributed by atoms with E-state index in [-0.39, 0.29) is 5.91 Å². The lowest BCUT2D eigenvalue weighted by molar-refractivity contribution is 0.0650. The normalized spacial score (nSPS) is 15.7.